The van der Waals surface area contributed by atoms with Crippen molar-refractivity contribution in [2.45, 2.75) is 6.43 Å². The predicted octanol–water partition coefficient (Wildman–Crippen LogP) is 2.58. The van der Waals surface area contributed by atoms with Crippen molar-refractivity contribution in [3.63, 3.8) is 0 Å². The average Bonchev–Trinajstić information content (AvgIpc) is 2.02. The average molecular weight is 209 g/mol. The highest BCUT2D eigenvalue weighted by Gasteiger charge is 2.25. The van der Waals surface area contributed by atoms with Crippen molar-refractivity contribution in [2.75, 3.05) is 0 Å². The van der Waals surface area contributed by atoms with Gasteiger partial charge in [0.25, 0.3) is 6.43 Å². The zero-order chi connectivity index (χ0) is 10.0. The Balaban J connectivity index is 3.34. The van der Waals surface area contributed by atoms with Crippen molar-refractivity contribution in [3.05, 3.63) is 33.1 Å². The number of nitro groups is 1. The first kappa shape index (κ1) is 9.79. The van der Waals surface area contributed by atoms with Gasteiger partial charge in [0.05, 0.1) is 4.92 Å². The van der Waals surface area contributed by atoms with E-state index in [0.717, 1.165) is 12.3 Å². The molecule has 0 aliphatic rings. The number of rotatable bonds is 2. The van der Waals surface area contributed by atoms with Crippen LogP contribution in [0.3, 0.4) is 0 Å². The summed E-state index contributed by atoms with van der Waals surface area (Å²) in [5.41, 5.74) is -1.55. The van der Waals surface area contributed by atoms with Gasteiger partial charge in [-0.15, -0.1) is 0 Å². The standard InChI is InChI=1S/C6H3ClF2N2O2/c7-5-4(11(12)13)3(6(8)9)1-2-10-5/h1-2,6H. The molecule has 70 valence electrons. The summed E-state index contributed by atoms with van der Waals surface area (Å²) in [6.45, 7) is 0. The smallest absolute Gasteiger partial charge is 0.258 e. The zero-order valence-electron chi connectivity index (χ0n) is 6.08. The first-order chi connectivity index (χ1) is 6.04. The van der Waals surface area contributed by atoms with Gasteiger partial charge in [-0.05, 0) is 6.07 Å². The Morgan fingerprint density at radius 2 is 2.23 bits per heavy atom. The molecule has 1 aromatic heterocycles. The van der Waals surface area contributed by atoms with Crippen molar-refractivity contribution in [3.8, 4) is 0 Å². The van der Waals surface area contributed by atoms with Crippen LogP contribution in [0.15, 0.2) is 12.3 Å². The van der Waals surface area contributed by atoms with Crippen LogP contribution in [-0.2, 0) is 0 Å². The molecule has 0 saturated heterocycles. The van der Waals surface area contributed by atoms with Crippen LogP contribution in [0.5, 0.6) is 0 Å². The van der Waals surface area contributed by atoms with Crippen LogP contribution in [0, 0.1) is 10.1 Å². The minimum absolute atomic E-state index is 0.525. The molecule has 1 aromatic rings. The fraction of sp³-hybridized carbons (Fsp3) is 0.167. The third-order valence-electron chi connectivity index (χ3n) is 1.33. The Kier molecular flexibility index (Phi) is 2.72. The highest BCUT2D eigenvalue weighted by Crippen LogP contribution is 2.32. The van der Waals surface area contributed by atoms with E-state index in [2.05, 4.69) is 4.98 Å². The summed E-state index contributed by atoms with van der Waals surface area (Å²) in [6, 6.07) is 0.870. The van der Waals surface area contributed by atoms with E-state index in [1.807, 2.05) is 0 Å². The van der Waals surface area contributed by atoms with Crippen LogP contribution in [-0.4, -0.2) is 9.91 Å². The molecular weight excluding hydrogens is 206 g/mol. The molecule has 0 unspecified atom stereocenters. The molecule has 0 radical (unpaired) electrons. The molecule has 0 amide bonds. The largest absolute Gasteiger partial charge is 0.315 e. The molecule has 0 aliphatic heterocycles. The number of alkyl halides is 2. The molecule has 0 spiro atoms. The fourth-order valence-electron chi connectivity index (χ4n) is 0.799. The van der Waals surface area contributed by atoms with Crippen LogP contribution in [0.4, 0.5) is 14.5 Å². The minimum Gasteiger partial charge on any atom is -0.258 e. The number of hydrogen-bond acceptors (Lipinski definition) is 3. The Labute approximate surface area is 76.3 Å². The highest BCUT2D eigenvalue weighted by atomic mass is 35.5. The first-order valence-corrected chi connectivity index (χ1v) is 3.48. The lowest BCUT2D eigenvalue weighted by Crippen LogP contribution is -1.98. The van der Waals surface area contributed by atoms with E-state index >= 15 is 0 Å². The van der Waals surface area contributed by atoms with Crippen LogP contribution < -0.4 is 0 Å². The molecule has 0 atom stereocenters. The summed E-state index contributed by atoms with van der Waals surface area (Å²) < 4.78 is 24.4. The van der Waals surface area contributed by atoms with Crippen LogP contribution >= 0.6 is 11.6 Å². The zero-order valence-corrected chi connectivity index (χ0v) is 6.83. The van der Waals surface area contributed by atoms with Crippen molar-refractivity contribution >= 4 is 17.3 Å². The van der Waals surface area contributed by atoms with Gasteiger partial charge < -0.3 is 0 Å². The summed E-state index contributed by atoms with van der Waals surface area (Å²) in [6.07, 6.45) is -1.93. The highest BCUT2D eigenvalue weighted by molar-refractivity contribution is 6.31. The monoisotopic (exact) mass is 208 g/mol. The lowest BCUT2D eigenvalue weighted by atomic mass is 10.2. The summed E-state index contributed by atoms with van der Waals surface area (Å²) in [4.78, 5) is 12.7. The molecule has 0 fully saturated rings. The lowest BCUT2D eigenvalue weighted by molar-refractivity contribution is -0.386. The van der Waals surface area contributed by atoms with Gasteiger partial charge in [-0.3, -0.25) is 10.1 Å². The third-order valence-corrected chi connectivity index (χ3v) is 1.61. The van der Waals surface area contributed by atoms with Gasteiger partial charge in [0.2, 0.25) is 5.15 Å². The molecule has 1 heterocycles. The SMILES string of the molecule is O=[N+]([O-])c1c(C(F)F)ccnc1Cl. The summed E-state index contributed by atoms with van der Waals surface area (Å²) in [7, 11) is 0. The first-order valence-electron chi connectivity index (χ1n) is 3.11. The lowest BCUT2D eigenvalue weighted by Gasteiger charge is -2.00. The Hall–Kier alpha value is -1.30. The van der Waals surface area contributed by atoms with E-state index in [-0.39, 0.29) is 0 Å². The van der Waals surface area contributed by atoms with E-state index in [9.17, 15) is 18.9 Å². The van der Waals surface area contributed by atoms with Crippen LogP contribution in [0.25, 0.3) is 0 Å². The number of halogens is 3. The maximum atomic E-state index is 12.2. The molecule has 7 heteroatoms. The van der Waals surface area contributed by atoms with Crippen LogP contribution in [0.1, 0.15) is 12.0 Å². The van der Waals surface area contributed by atoms with Gasteiger partial charge in [-0.1, -0.05) is 11.6 Å². The molecule has 4 nitrogen and oxygen atoms in total. The van der Waals surface area contributed by atoms with Crippen molar-refractivity contribution in [1.29, 1.82) is 0 Å². The normalized spacial score (nSPS) is 10.5. The van der Waals surface area contributed by atoms with E-state index in [1.54, 1.807) is 0 Å². The Morgan fingerprint density at radius 1 is 1.62 bits per heavy atom. The van der Waals surface area contributed by atoms with E-state index in [1.165, 1.54) is 0 Å². The molecule has 0 aliphatic carbocycles. The van der Waals surface area contributed by atoms with Crippen molar-refractivity contribution < 1.29 is 13.7 Å². The topological polar surface area (TPSA) is 56.0 Å². The van der Waals surface area contributed by atoms with Gasteiger partial charge in [-0.2, -0.15) is 0 Å². The van der Waals surface area contributed by atoms with Gasteiger partial charge in [-0.25, -0.2) is 13.8 Å². The number of nitrogens with zero attached hydrogens (tertiary/aromatic N) is 2. The van der Waals surface area contributed by atoms with Gasteiger partial charge in [0.1, 0.15) is 5.56 Å². The van der Waals surface area contributed by atoms with Crippen molar-refractivity contribution in [2.24, 2.45) is 0 Å². The van der Waals surface area contributed by atoms with Gasteiger partial charge in [0.15, 0.2) is 0 Å². The molecule has 0 aromatic carbocycles. The third kappa shape index (κ3) is 1.89. The number of aromatic nitrogens is 1. The minimum atomic E-state index is -2.93. The maximum absolute atomic E-state index is 12.2. The summed E-state index contributed by atoms with van der Waals surface area (Å²) in [5, 5.41) is 9.77. The Bertz CT molecular complexity index is 345. The molecule has 0 N–H and O–H groups in total. The fourth-order valence-corrected chi connectivity index (χ4v) is 1.03. The Morgan fingerprint density at radius 3 is 2.62 bits per heavy atom. The van der Waals surface area contributed by atoms with Gasteiger partial charge in [0, 0.05) is 6.20 Å². The second-order valence-electron chi connectivity index (χ2n) is 2.10. The molecular formula is C6H3ClF2N2O2. The van der Waals surface area contributed by atoms with Crippen LogP contribution in [0.2, 0.25) is 5.15 Å². The van der Waals surface area contributed by atoms with E-state index in [0.29, 0.717) is 0 Å². The van der Waals surface area contributed by atoms with Crippen molar-refractivity contribution in [1.82, 2.24) is 4.98 Å². The maximum Gasteiger partial charge on any atom is 0.315 e. The predicted molar refractivity (Wildman–Crippen MR) is 40.9 cm³/mol. The molecule has 0 bridgehead atoms. The second-order valence-corrected chi connectivity index (χ2v) is 2.46. The molecule has 1 rings (SSSR count). The quantitative estimate of drug-likeness (QED) is 0.426. The number of pyridine rings is 1. The summed E-state index contributed by atoms with van der Waals surface area (Å²) in [5.74, 6) is 0. The van der Waals surface area contributed by atoms with Gasteiger partial charge >= 0.3 is 5.69 Å². The summed E-state index contributed by atoms with van der Waals surface area (Å²) >= 11 is 5.28. The van der Waals surface area contributed by atoms with E-state index in [4.69, 9.17) is 11.6 Å². The van der Waals surface area contributed by atoms with E-state index < -0.39 is 27.8 Å². The number of hydrogen-bond donors (Lipinski definition) is 0. The molecule has 0 saturated carbocycles. The second kappa shape index (κ2) is 3.61. The molecule has 13 heavy (non-hydrogen) atoms.